The van der Waals surface area contributed by atoms with Gasteiger partial charge in [0.1, 0.15) is 28.6 Å². The van der Waals surface area contributed by atoms with Gasteiger partial charge in [-0.1, -0.05) is 41.4 Å². The molecule has 0 aromatic heterocycles. The van der Waals surface area contributed by atoms with Crippen LogP contribution >= 0.6 is 35.0 Å². The third-order valence-electron chi connectivity index (χ3n) is 3.64. The second kappa shape index (κ2) is 5.74. The number of amidine groups is 1. The van der Waals surface area contributed by atoms with Gasteiger partial charge in [0.2, 0.25) is 0 Å². The van der Waals surface area contributed by atoms with Gasteiger partial charge in [-0.15, -0.1) is 0 Å². The minimum Gasteiger partial charge on any atom is -0.482 e. The number of nitrogens with zero attached hydrogens (tertiary/aromatic N) is 1. The number of halogens is 2. The summed E-state index contributed by atoms with van der Waals surface area (Å²) in [6.07, 6.45) is -0.439. The Morgan fingerprint density at radius 1 is 1.17 bits per heavy atom. The summed E-state index contributed by atoms with van der Waals surface area (Å²) in [6.45, 7) is 0. The Balaban J connectivity index is 1.86. The van der Waals surface area contributed by atoms with Crippen molar-refractivity contribution in [1.82, 2.24) is 5.32 Å². The van der Waals surface area contributed by atoms with Crippen LogP contribution in [0.15, 0.2) is 47.5 Å². The van der Waals surface area contributed by atoms with Crippen molar-refractivity contribution in [1.29, 1.82) is 0 Å². The summed E-state index contributed by atoms with van der Waals surface area (Å²) in [4.78, 5) is 16.4. The lowest BCUT2D eigenvalue weighted by molar-refractivity contribution is 0.222. The van der Waals surface area contributed by atoms with Crippen LogP contribution in [0.3, 0.4) is 0 Å². The number of carbonyl (C=O) groups excluding carboxylic acids is 1. The number of rotatable bonds is 1. The molecule has 2 heterocycles. The molecule has 0 aliphatic carbocycles. The number of amides is 1. The highest BCUT2D eigenvalue weighted by atomic mass is 35.5. The van der Waals surface area contributed by atoms with E-state index in [1.54, 1.807) is 12.1 Å². The van der Waals surface area contributed by atoms with Crippen molar-refractivity contribution in [3.05, 3.63) is 58.1 Å². The number of ether oxygens (including phenoxy) is 1. The highest BCUT2D eigenvalue weighted by Gasteiger charge is 2.41. The first-order valence-electron chi connectivity index (χ1n) is 6.89. The Morgan fingerprint density at radius 2 is 2.00 bits per heavy atom. The summed E-state index contributed by atoms with van der Waals surface area (Å²) in [5.74, 6) is 1.24. The Morgan fingerprint density at radius 3 is 2.83 bits per heavy atom. The zero-order valence-corrected chi connectivity index (χ0v) is 14.0. The normalized spacial score (nSPS) is 22.3. The largest absolute Gasteiger partial charge is 0.482 e. The number of hydrogen-bond donors (Lipinski definition) is 1. The molecular weight excluding hydrogens is 355 g/mol. The van der Waals surface area contributed by atoms with E-state index in [1.165, 1.54) is 0 Å². The predicted molar refractivity (Wildman–Crippen MR) is 93.3 cm³/mol. The lowest BCUT2D eigenvalue weighted by atomic mass is 10.1. The van der Waals surface area contributed by atoms with Crippen molar-refractivity contribution in [2.75, 3.05) is 0 Å². The molecule has 2 atom stereocenters. The van der Waals surface area contributed by atoms with Crippen LogP contribution in [-0.4, -0.2) is 16.3 Å². The fourth-order valence-electron chi connectivity index (χ4n) is 2.61. The van der Waals surface area contributed by atoms with Gasteiger partial charge in [0.15, 0.2) is 0 Å². The van der Waals surface area contributed by atoms with Crippen LogP contribution in [0.1, 0.15) is 11.7 Å². The molecule has 1 amide bonds. The smallest absolute Gasteiger partial charge is 0.285 e. The molecule has 4 nitrogen and oxygen atoms in total. The topological polar surface area (TPSA) is 50.7 Å². The molecule has 2 aliphatic heterocycles. The summed E-state index contributed by atoms with van der Waals surface area (Å²) in [5, 5.41) is 3.41. The molecule has 2 unspecified atom stereocenters. The van der Waals surface area contributed by atoms with E-state index >= 15 is 0 Å². The molecule has 2 aromatic carbocycles. The molecule has 23 heavy (non-hydrogen) atoms. The Labute approximate surface area is 146 Å². The standard InChI is InChI=1S/C16H10Cl2N2O2S/c17-8-5-6-9(10(18)7-8)13-14-15(20-16(21)23-14)19-11-3-1-2-4-12(11)22-13/h1-7,13-14H,(H,19,20,21). The molecule has 1 saturated heterocycles. The molecule has 2 aliphatic rings. The molecule has 0 spiro atoms. The third-order valence-corrected chi connectivity index (χ3v) is 5.24. The summed E-state index contributed by atoms with van der Waals surface area (Å²) >= 11 is 13.5. The number of nitrogens with one attached hydrogen (secondary N) is 1. The van der Waals surface area contributed by atoms with Crippen LogP contribution in [-0.2, 0) is 0 Å². The van der Waals surface area contributed by atoms with E-state index in [0.29, 0.717) is 27.3 Å². The van der Waals surface area contributed by atoms with Crippen molar-refractivity contribution < 1.29 is 9.53 Å². The highest BCUT2D eigenvalue weighted by Crippen LogP contribution is 2.44. The van der Waals surface area contributed by atoms with Gasteiger partial charge in [0.25, 0.3) is 5.24 Å². The lowest BCUT2D eigenvalue weighted by Crippen LogP contribution is -2.30. The van der Waals surface area contributed by atoms with Gasteiger partial charge in [-0.3, -0.25) is 4.79 Å². The van der Waals surface area contributed by atoms with Crippen molar-refractivity contribution >= 4 is 51.7 Å². The summed E-state index contributed by atoms with van der Waals surface area (Å²) < 4.78 is 6.17. The maximum Gasteiger partial charge on any atom is 0.285 e. The van der Waals surface area contributed by atoms with Gasteiger partial charge in [0.05, 0.1) is 0 Å². The molecule has 7 heteroatoms. The molecule has 0 radical (unpaired) electrons. The molecule has 0 bridgehead atoms. The van der Waals surface area contributed by atoms with Gasteiger partial charge in [-0.25, -0.2) is 4.99 Å². The Kier molecular flexibility index (Phi) is 3.71. The maximum atomic E-state index is 11.8. The Hall–Kier alpha value is -1.69. The van der Waals surface area contributed by atoms with Crippen LogP contribution in [0, 0.1) is 0 Å². The molecule has 116 valence electrons. The van der Waals surface area contributed by atoms with Crippen LogP contribution < -0.4 is 10.1 Å². The number of fused-ring (bicyclic) bond motifs is 2. The van der Waals surface area contributed by atoms with Gasteiger partial charge in [-0.05, 0) is 36.0 Å². The monoisotopic (exact) mass is 364 g/mol. The van der Waals surface area contributed by atoms with E-state index in [0.717, 1.165) is 17.3 Å². The van der Waals surface area contributed by atoms with Crippen molar-refractivity contribution in [2.45, 2.75) is 11.4 Å². The van der Waals surface area contributed by atoms with E-state index in [4.69, 9.17) is 27.9 Å². The minimum absolute atomic E-state index is 0.146. The zero-order valence-electron chi connectivity index (χ0n) is 11.6. The SMILES string of the molecule is O=C1NC2=Nc3ccccc3OC(c3ccc(Cl)cc3Cl)C2S1. The lowest BCUT2D eigenvalue weighted by Gasteiger charge is -2.23. The first-order valence-corrected chi connectivity index (χ1v) is 8.52. The van der Waals surface area contributed by atoms with Gasteiger partial charge < -0.3 is 10.1 Å². The van der Waals surface area contributed by atoms with E-state index in [1.807, 2.05) is 30.3 Å². The maximum absolute atomic E-state index is 11.8. The zero-order chi connectivity index (χ0) is 16.0. The second-order valence-electron chi connectivity index (χ2n) is 5.12. The van der Waals surface area contributed by atoms with E-state index < -0.39 is 6.10 Å². The first-order chi connectivity index (χ1) is 11.1. The van der Waals surface area contributed by atoms with E-state index in [9.17, 15) is 4.79 Å². The minimum atomic E-state index is -0.439. The number of para-hydroxylation sites is 2. The van der Waals surface area contributed by atoms with Gasteiger partial charge in [-0.2, -0.15) is 0 Å². The quantitative estimate of drug-likeness (QED) is 0.775. The van der Waals surface area contributed by atoms with Gasteiger partial charge >= 0.3 is 0 Å². The molecule has 1 N–H and O–H groups in total. The average molecular weight is 365 g/mol. The number of carbonyl (C=O) groups is 1. The van der Waals surface area contributed by atoms with Crippen molar-refractivity contribution in [3.63, 3.8) is 0 Å². The fourth-order valence-corrected chi connectivity index (χ4v) is 4.07. The van der Waals surface area contributed by atoms with Crippen LogP contribution in [0.4, 0.5) is 10.5 Å². The van der Waals surface area contributed by atoms with E-state index in [2.05, 4.69) is 10.3 Å². The summed E-state index contributed by atoms with van der Waals surface area (Å²) in [5.41, 5.74) is 1.46. The van der Waals surface area contributed by atoms with Gasteiger partial charge in [0, 0.05) is 15.6 Å². The number of aliphatic imine (C=N–C) groups is 1. The molecule has 2 aromatic rings. The molecule has 4 rings (SSSR count). The summed E-state index contributed by atoms with van der Waals surface area (Å²) in [7, 11) is 0. The number of thioether (sulfide) groups is 1. The average Bonchev–Trinajstić information content (AvgIpc) is 2.80. The third kappa shape index (κ3) is 2.69. The van der Waals surface area contributed by atoms with Crippen LogP contribution in [0.25, 0.3) is 0 Å². The van der Waals surface area contributed by atoms with E-state index in [-0.39, 0.29) is 10.5 Å². The fraction of sp³-hybridized carbons (Fsp3) is 0.125. The molecule has 1 fully saturated rings. The van der Waals surface area contributed by atoms with Crippen LogP contribution in [0.2, 0.25) is 10.0 Å². The predicted octanol–water partition coefficient (Wildman–Crippen LogP) is 4.98. The van der Waals surface area contributed by atoms with Crippen molar-refractivity contribution in [3.8, 4) is 5.75 Å². The Bertz CT molecular complexity index is 841. The second-order valence-corrected chi connectivity index (χ2v) is 7.08. The molecular formula is C16H10Cl2N2O2S. The van der Waals surface area contributed by atoms with Crippen molar-refractivity contribution in [2.24, 2.45) is 4.99 Å². The number of benzene rings is 2. The first kappa shape index (κ1) is 14.9. The number of hydrogen-bond acceptors (Lipinski definition) is 4. The highest BCUT2D eigenvalue weighted by molar-refractivity contribution is 8.15. The molecule has 0 saturated carbocycles. The van der Waals surface area contributed by atoms with Crippen LogP contribution in [0.5, 0.6) is 5.75 Å². The summed E-state index contributed by atoms with van der Waals surface area (Å²) in [6, 6.07) is 12.7.